The highest BCUT2D eigenvalue weighted by Gasteiger charge is 2.30. The Balaban J connectivity index is 0.000000555. The lowest BCUT2D eigenvalue weighted by Gasteiger charge is -2.21. The van der Waals surface area contributed by atoms with Gasteiger partial charge in [-0.2, -0.15) is 0 Å². The Bertz CT molecular complexity index is 683. The van der Waals surface area contributed by atoms with Crippen LogP contribution >= 0.6 is 0 Å². The van der Waals surface area contributed by atoms with Crippen molar-refractivity contribution in [2.75, 3.05) is 6.54 Å². The molecule has 0 heterocycles. The van der Waals surface area contributed by atoms with E-state index in [1.54, 1.807) is 0 Å². The SMILES string of the molecule is CCCCCC(C)NCC(C)(C)O.O=[N+]([O-])c1cc([N+](=O)[O-])c(O)c([N+](=O)[O-])c1. The van der Waals surface area contributed by atoms with Crippen LogP contribution in [0.15, 0.2) is 12.1 Å². The Hall–Kier alpha value is -2.86. The van der Waals surface area contributed by atoms with Crippen molar-refractivity contribution in [3.8, 4) is 5.75 Å². The van der Waals surface area contributed by atoms with Crippen LogP contribution in [0.1, 0.15) is 53.4 Å². The van der Waals surface area contributed by atoms with Crippen LogP contribution in [-0.4, -0.2) is 43.2 Å². The Morgan fingerprint density at radius 1 is 1.03 bits per heavy atom. The number of phenolic OH excluding ortho intramolecular Hbond substituents is 1. The fourth-order valence-corrected chi connectivity index (χ4v) is 2.20. The Morgan fingerprint density at radius 3 is 1.86 bits per heavy atom. The van der Waals surface area contributed by atoms with E-state index in [1.165, 1.54) is 25.7 Å². The highest BCUT2D eigenvalue weighted by atomic mass is 16.6. The first-order valence-corrected chi connectivity index (χ1v) is 9.06. The van der Waals surface area contributed by atoms with Crippen molar-refractivity contribution in [3.05, 3.63) is 42.5 Å². The van der Waals surface area contributed by atoms with E-state index in [-0.39, 0.29) is 0 Å². The largest absolute Gasteiger partial charge is 0.497 e. The molecule has 12 nitrogen and oxygen atoms in total. The number of non-ortho nitro benzene ring substituents is 1. The number of hydrogen-bond acceptors (Lipinski definition) is 9. The Morgan fingerprint density at radius 2 is 1.52 bits per heavy atom. The summed E-state index contributed by atoms with van der Waals surface area (Å²) in [5.74, 6) is -1.21. The zero-order valence-electron chi connectivity index (χ0n) is 17.0. The number of rotatable bonds is 10. The minimum absolute atomic E-state index is 0.447. The van der Waals surface area contributed by atoms with Gasteiger partial charge in [-0.1, -0.05) is 26.2 Å². The van der Waals surface area contributed by atoms with Gasteiger partial charge in [0.15, 0.2) is 0 Å². The molecule has 0 spiro atoms. The van der Waals surface area contributed by atoms with Gasteiger partial charge in [-0.05, 0) is 27.2 Å². The quantitative estimate of drug-likeness (QED) is 0.292. The molecule has 12 heteroatoms. The molecule has 0 aliphatic heterocycles. The van der Waals surface area contributed by atoms with E-state index in [0.717, 1.165) is 0 Å². The van der Waals surface area contributed by atoms with Gasteiger partial charge < -0.3 is 15.5 Å². The summed E-state index contributed by atoms with van der Waals surface area (Å²) in [5.41, 5.74) is -3.59. The lowest BCUT2D eigenvalue weighted by atomic mass is 10.1. The molecule has 0 amide bonds. The smallest absolute Gasteiger partial charge is 0.324 e. The first kappa shape index (κ1) is 26.1. The fourth-order valence-electron chi connectivity index (χ4n) is 2.20. The summed E-state index contributed by atoms with van der Waals surface area (Å²) in [7, 11) is 0. The van der Waals surface area contributed by atoms with Gasteiger partial charge in [0.25, 0.3) is 11.4 Å². The van der Waals surface area contributed by atoms with Crippen LogP contribution in [0.3, 0.4) is 0 Å². The molecule has 1 aromatic rings. The monoisotopic (exact) mass is 416 g/mol. The number of benzene rings is 1. The molecule has 3 N–H and O–H groups in total. The number of nitrogens with zero attached hydrogens (tertiary/aromatic N) is 3. The van der Waals surface area contributed by atoms with E-state index >= 15 is 0 Å². The summed E-state index contributed by atoms with van der Waals surface area (Å²) in [6.07, 6.45) is 5.09. The molecule has 1 atom stereocenters. The molecule has 1 unspecified atom stereocenters. The summed E-state index contributed by atoms with van der Waals surface area (Å²) >= 11 is 0. The molecular formula is C17H28N4O8. The van der Waals surface area contributed by atoms with Crippen molar-refractivity contribution >= 4 is 17.1 Å². The van der Waals surface area contributed by atoms with Gasteiger partial charge in [0.2, 0.25) is 0 Å². The lowest BCUT2D eigenvalue weighted by molar-refractivity contribution is -0.404. The third-order valence-electron chi connectivity index (χ3n) is 3.78. The van der Waals surface area contributed by atoms with E-state index in [2.05, 4.69) is 19.2 Å². The second-order valence-electron chi connectivity index (χ2n) is 7.19. The molecule has 164 valence electrons. The topological polar surface area (TPSA) is 182 Å². The third kappa shape index (κ3) is 10.3. The van der Waals surface area contributed by atoms with Gasteiger partial charge in [-0.25, -0.2) is 0 Å². The zero-order chi connectivity index (χ0) is 22.8. The molecule has 1 rings (SSSR count). The van der Waals surface area contributed by atoms with Crippen LogP contribution < -0.4 is 5.32 Å². The van der Waals surface area contributed by atoms with E-state index in [1.807, 2.05) is 13.8 Å². The molecular weight excluding hydrogens is 388 g/mol. The van der Waals surface area contributed by atoms with Crippen molar-refractivity contribution < 1.29 is 25.0 Å². The van der Waals surface area contributed by atoms with E-state index < -0.39 is 43.2 Å². The highest BCUT2D eigenvalue weighted by molar-refractivity contribution is 5.64. The Labute approximate surface area is 168 Å². The fraction of sp³-hybridized carbons (Fsp3) is 0.647. The average Bonchev–Trinajstić information content (AvgIpc) is 2.59. The number of aromatic hydroxyl groups is 1. The molecule has 0 saturated heterocycles. The second-order valence-corrected chi connectivity index (χ2v) is 7.19. The highest BCUT2D eigenvalue weighted by Crippen LogP contribution is 2.38. The maximum Gasteiger partial charge on any atom is 0.324 e. The predicted octanol–water partition coefficient (Wildman–Crippen LogP) is 3.43. The van der Waals surface area contributed by atoms with Crippen LogP contribution in [0, 0.1) is 30.3 Å². The summed E-state index contributed by atoms with van der Waals surface area (Å²) < 4.78 is 0. The van der Waals surface area contributed by atoms with Crippen LogP contribution in [0.25, 0.3) is 0 Å². The van der Waals surface area contributed by atoms with Crippen molar-refractivity contribution in [1.29, 1.82) is 0 Å². The van der Waals surface area contributed by atoms with Crippen LogP contribution in [-0.2, 0) is 0 Å². The summed E-state index contributed by atoms with van der Waals surface area (Å²) in [5, 5.41) is 53.0. The number of nitro groups is 3. The van der Waals surface area contributed by atoms with Gasteiger partial charge in [-0.3, -0.25) is 30.3 Å². The normalized spacial score (nSPS) is 11.9. The van der Waals surface area contributed by atoms with E-state index in [0.29, 0.717) is 24.7 Å². The number of nitro benzene ring substituents is 3. The maximum absolute atomic E-state index is 10.4. The van der Waals surface area contributed by atoms with Crippen molar-refractivity contribution in [1.82, 2.24) is 5.32 Å². The summed E-state index contributed by atoms with van der Waals surface area (Å²) in [6, 6.07) is 1.42. The molecule has 0 aromatic heterocycles. The van der Waals surface area contributed by atoms with Crippen LogP contribution in [0.5, 0.6) is 5.75 Å². The number of nitrogens with one attached hydrogen (secondary N) is 1. The van der Waals surface area contributed by atoms with Crippen molar-refractivity contribution in [2.24, 2.45) is 0 Å². The molecule has 0 saturated carbocycles. The minimum atomic E-state index is -1.21. The van der Waals surface area contributed by atoms with Gasteiger partial charge in [-0.15, -0.1) is 0 Å². The van der Waals surface area contributed by atoms with Crippen molar-refractivity contribution in [3.63, 3.8) is 0 Å². The maximum atomic E-state index is 10.4. The molecule has 0 aliphatic rings. The average molecular weight is 416 g/mol. The summed E-state index contributed by atoms with van der Waals surface area (Å²) in [6.45, 7) is 8.74. The molecule has 0 fully saturated rings. The molecule has 29 heavy (non-hydrogen) atoms. The predicted molar refractivity (Wildman–Crippen MR) is 106 cm³/mol. The first-order chi connectivity index (χ1) is 13.3. The number of hydrogen-bond donors (Lipinski definition) is 3. The van der Waals surface area contributed by atoms with Crippen molar-refractivity contribution in [2.45, 2.75) is 65.0 Å². The van der Waals surface area contributed by atoms with Crippen LogP contribution in [0.4, 0.5) is 17.1 Å². The van der Waals surface area contributed by atoms with Gasteiger partial charge in [0.1, 0.15) is 0 Å². The van der Waals surface area contributed by atoms with E-state index in [4.69, 9.17) is 5.11 Å². The number of aliphatic hydroxyl groups is 1. The van der Waals surface area contributed by atoms with Gasteiger partial charge >= 0.3 is 11.4 Å². The first-order valence-electron chi connectivity index (χ1n) is 9.06. The van der Waals surface area contributed by atoms with Gasteiger partial charge in [0.05, 0.1) is 32.5 Å². The lowest BCUT2D eigenvalue weighted by Crippen LogP contribution is -2.39. The number of phenols is 1. The van der Waals surface area contributed by atoms with Gasteiger partial charge in [0, 0.05) is 12.6 Å². The Kier molecular flexibility index (Phi) is 10.7. The standard InChI is InChI=1S/C11H25NO.C6H3N3O7/c1-5-6-7-8-10(2)12-9-11(3,4)13;10-6-4(8(13)14)1-3(7(11)12)2-5(6)9(15)16/h10,12-13H,5-9H2,1-4H3;1-2,10H. The molecule has 1 aromatic carbocycles. The molecule has 0 bridgehead atoms. The van der Waals surface area contributed by atoms with E-state index in [9.17, 15) is 35.4 Å². The molecule has 0 radical (unpaired) electrons. The number of unbranched alkanes of at least 4 members (excludes halogenated alkanes) is 2. The summed E-state index contributed by atoms with van der Waals surface area (Å²) in [4.78, 5) is 27.8. The third-order valence-corrected chi connectivity index (χ3v) is 3.78. The van der Waals surface area contributed by atoms with Crippen LogP contribution in [0.2, 0.25) is 0 Å². The second kappa shape index (κ2) is 11.9. The molecule has 0 aliphatic carbocycles. The minimum Gasteiger partial charge on any atom is -0.497 e. The zero-order valence-corrected chi connectivity index (χ0v) is 17.0.